The summed E-state index contributed by atoms with van der Waals surface area (Å²) in [6.45, 7) is 2.29. The van der Waals surface area contributed by atoms with Crippen molar-refractivity contribution in [2.75, 3.05) is 0 Å². The Bertz CT molecular complexity index is 900. The zero-order valence-electron chi connectivity index (χ0n) is 14.5. The Balaban J connectivity index is 1.86. The fourth-order valence-corrected chi connectivity index (χ4v) is 3.74. The first-order valence-corrected chi connectivity index (χ1v) is 8.90. The van der Waals surface area contributed by atoms with Crippen LogP contribution in [0.3, 0.4) is 0 Å². The van der Waals surface area contributed by atoms with Gasteiger partial charge in [0.25, 0.3) is 0 Å². The monoisotopic (exact) mass is 322 g/mol. The number of hydrogen-bond acceptors (Lipinski definition) is 0. The molecule has 0 fully saturated rings. The fourth-order valence-electron chi connectivity index (χ4n) is 3.74. The van der Waals surface area contributed by atoms with Crippen molar-refractivity contribution >= 4 is 11.1 Å². The van der Waals surface area contributed by atoms with Gasteiger partial charge in [-0.05, 0) is 41.2 Å². The minimum atomic E-state index is 0.427. The van der Waals surface area contributed by atoms with E-state index in [-0.39, 0.29) is 0 Å². The average Bonchev–Trinajstić information content (AvgIpc) is 2.70. The van der Waals surface area contributed by atoms with Crippen LogP contribution in [0.25, 0.3) is 11.1 Å². The molecule has 0 amide bonds. The van der Waals surface area contributed by atoms with E-state index in [0.717, 1.165) is 6.42 Å². The Morgan fingerprint density at radius 3 is 1.76 bits per heavy atom. The molecule has 0 aromatic heterocycles. The van der Waals surface area contributed by atoms with Crippen molar-refractivity contribution < 1.29 is 0 Å². The highest BCUT2D eigenvalue weighted by Crippen LogP contribution is 2.43. The Hall–Kier alpha value is -2.86. The third kappa shape index (κ3) is 3.21. The molecule has 1 aliphatic carbocycles. The normalized spacial score (nSPS) is 17.3. The first-order valence-electron chi connectivity index (χ1n) is 8.90. The van der Waals surface area contributed by atoms with E-state index in [1.165, 1.54) is 33.4 Å². The molecule has 0 bridgehead atoms. The molecule has 0 heterocycles. The topological polar surface area (TPSA) is 0 Å². The number of allylic oxidation sites excluding steroid dienone is 4. The highest BCUT2D eigenvalue weighted by Gasteiger charge is 2.23. The average molecular weight is 322 g/mol. The van der Waals surface area contributed by atoms with Gasteiger partial charge in [-0.3, -0.25) is 0 Å². The van der Waals surface area contributed by atoms with Crippen LogP contribution in [-0.4, -0.2) is 0 Å². The molecular weight excluding hydrogens is 300 g/mol. The van der Waals surface area contributed by atoms with Gasteiger partial charge in [-0.15, -0.1) is 0 Å². The van der Waals surface area contributed by atoms with E-state index < -0.39 is 0 Å². The van der Waals surface area contributed by atoms with Crippen LogP contribution in [0.4, 0.5) is 0 Å². The molecule has 0 N–H and O–H groups in total. The second-order valence-electron chi connectivity index (χ2n) is 6.67. The molecule has 0 saturated carbocycles. The summed E-state index contributed by atoms with van der Waals surface area (Å²) in [6, 6.07) is 32.4. The predicted molar refractivity (Wildman–Crippen MR) is 107 cm³/mol. The zero-order valence-corrected chi connectivity index (χ0v) is 14.5. The molecule has 25 heavy (non-hydrogen) atoms. The third-order valence-corrected chi connectivity index (χ3v) is 5.12. The lowest BCUT2D eigenvalue weighted by Gasteiger charge is -2.28. The molecule has 4 rings (SSSR count). The maximum Gasteiger partial charge on any atom is 0.00952 e. The van der Waals surface area contributed by atoms with Crippen LogP contribution in [0, 0.1) is 0 Å². The van der Waals surface area contributed by atoms with Gasteiger partial charge < -0.3 is 0 Å². The molecule has 0 heteroatoms. The molecule has 1 aliphatic rings. The summed E-state index contributed by atoms with van der Waals surface area (Å²) < 4.78 is 0. The van der Waals surface area contributed by atoms with E-state index in [4.69, 9.17) is 0 Å². The van der Waals surface area contributed by atoms with Crippen molar-refractivity contribution in [3.63, 3.8) is 0 Å². The molecule has 0 saturated heterocycles. The molecule has 0 nitrogen and oxygen atoms in total. The lowest BCUT2D eigenvalue weighted by molar-refractivity contribution is 0.814. The Morgan fingerprint density at radius 2 is 1.16 bits per heavy atom. The molecule has 0 aliphatic heterocycles. The van der Waals surface area contributed by atoms with Crippen molar-refractivity contribution in [3.05, 3.63) is 119 Å². The molecule has 3 aromatic carbocycles. The smallest absolute Gasteiger partial charge is 0.00952 e. The summed E-state index contributed by atoms with van der Waals surface area (Å²) in [5.41, 5.74) is 8.25. The quantitative estimate of drug-likeness (QED) is 0.501. The highest BCUT2D eigenvalue weighted by atomic mass is 14.3. The van der Waals surface area contributed by atoms with Crippen LogP contribution < -0.4 is 0 Å². The summed E-state index contributed by atoms with van der Waals surface area (Å²) >= 11 is 0. The van der Waals surface area contributed by atoms with Crippen molar-refractivity contribution in [2.45, 2.75) is 19.3 Å². The van der Waals surface area contributed by atoms with Crippen molar-refractivity contribution in [3.8, 4) is 0 Å². The standard InChI is InChI=1S/C25H22/c1-19-24(21-13-7-3-8-14-21)17-23(20-11-5-2-6-12-20)18-25(19)22-15-9-4-10-16-22/h2-17,25H,18H2,1H3. The summed E-state index contributed by atoms with van der Waals surface area (Å²) in [5, 5.41) is 0. The summed E-state index contributed by atoms with van der Waals surface area (Å²) in [4.78, 5) is 0. The van der Waals surface area contributed by atoms with E-state index in [1.807, 2.05) is 0 Å². The predicted octanol–water partition coefficient (Wildman–Crippen LogP) is 6.73. The van der Waals surface area contributed by atoms with Gasteiger partial charge in [-0.1, -0.05) is 103 Å². The summed E-state index contributed by atoms with van der Waals surface area (Å²) in [7, 11) is 0. The third-order valence-electron chi connectivity index (χ3n) is 5.12. The Morgan fingerprint density at radius 1 is 0.640 bits per heavy atom. The van der Waals surface area contributed by atoms with E-state index in [0.29, 0.717) is 5.92 Å². The van der Waals surface area contributed by atoms with Crippen LogP contribution >= 0.6 is 0 Å². The minimum Gasteiger partial charge on any atom is -0.0622 e. The van der Waals surface area contributed by atoms with E-state index in [2.05, 4.69) is 104 Å². The number of benzene rings is 3. The fraction of sp³-hybridized carbons (Fsp3) is 0.120. The molecule has 0 spiro atoms. The van der Waals surface area contributed by atoms with Gasteiger partial charge in [-0.2, -0.15) is 0 Å². The van der Waals surface area contributed by atoms with Gasteiger partial charge in [-0.25, -0.2) is 0 Å². The minimum absolute atomic E-state index is 0.427. The first kappa shape index (κ1) is 15.7. The molecule has 1 unspecified atom stereocenters. The molecular formula is C25H22. The first-order chi connectivity index (χ1) is 12.3. The van der Waals surface area contributed by atoms with E-state index in [1.54, 1.807) is 0 Å². The Labute approximate surface area is 150 Å². The van der Waals surface area contributed by atoms with Gasteiger partial charge in [0.05, 0.1) is 0 Å². The lowest BCUT2D eigenvalue weighted by Crippen LogP contribution is -2.08. The maximum atomic E-state index is 2.39. The summed E-state index contributed by atoms with van der Waals surface area (Å²) in [6.07, 6.45) is 3.44. The number of hydrogen-bond donors (Lipinski definition) is 0. The van der Waals surface area contributed by atoms with Gasteiger partial charge in [0.1, 0.15) is 0 Å². The Kier molecular flexibility index (Phi) is 4.35. The van der Waals surface area contributed by atoms with Crippen LogP contribution in [0.15, 0.2) is 103 Å². The summed E-state index contributed by atoms with van der Waals surface area (Å²) in [5.74, 6) is 0.427. The van der Waals surface area contributed by atoms with Crippen LogP contribution in [-0.2, 0) is 0 Å². The van der Waals surface area contributed by atoms with Gasteiger partial charge >= 0.3 is 0 Å². The zero-order chi connectivity index (χ0) is 17.1. The lowest BCUT2D eigenvalue weighted by atomic mass is 9.76. The van der Waals surface area contributed by atoms with Crippen LogP contribution in [0.2, 0.25) is 0 Å². The second kappa shape index (κ2) is 6.94. The van der Waals surface area contributed by atoms with Crippen molar-refractivity contribution in [1.82, 2.24) is 0 Å². The highest BCUT2D eigenvalue weighted by molar-refractivity contribution is 5.88. The van der Waals surface area contributed by atoms with Crippen LogP contribution in [0.1, 0.15) is 36.0 Å². The molecule has 3 aromatic rings. The van der Waals surface area contributed by atoms with E-state index in [9.17, 15) is 0 Å². The molecule has 1 atom stereocenters. The largest absolute Gasteiger partial charge is 0.0622 e. The van der Waals surface area contributed by atoms with Crippen molar-refractivity contribution in [1.29, 1.82) is 0 Å². The van der Waals surface area contributed by atoms with E-state index >= 15 is 0 Å². The SMILES string of the molecule is CC1=C(c2ccccc2)C=C(c2ccccc2)CC1c1ccccc1. The van der Waals surface area contributed by atoms with Gasteiger partial charge in [0.15, 0.2) is 0 Å². The molecule has 122 valence electrons. The van der Waals surface area contributed by atoms with Crippen LogP contribution in [0.5, 0.6) is 0 Å². The molecule has 0 radical (unpaired) electrons. The number of rotatable bonds is 3. The van der Waals surface area contributed by atoms with Gasteiger partial charge in [0.2, 0.25) is 0 Å². The maximum absolute atomic E-state index is 2.39. The van der Waals surface area contributed by atoms with Crippen molar-refractivity contribution in [2.24, 2.45) is 0 Å². The second-order valence-corrected chi connectivity index (χ2v) is 6.67. The van der Waals surface area contributed by atoms with Gasteiger partial charge in [0, 0.05) is 5.92 Å².